The van der Waals surface area contributed by atoms with Crippen molar-refractivity contribution in [2.45, 2.75) is 13.8 Å². The van der Waals surface area contributed by atoms with Crippen LogP contribution in [0.2, 0.25) is 10.0 Å². The molecule has 0 saturated heterocycles. The number of ketones is 1. The first-order valence-corrected chi connectivity index (χ1v) is 4.78. The van der Waals surface area contributed by atoms with E-state index in [2.05, 4.69) is 0 Å². The van der Waals surface area contributed by atoms with Crippen LogP contribution in [0.5, 0.6) is 0 Å². The third kappa shape index (κ3) is 2.23. The number of rotatable bonds is 2. The summed E-state index contributed by atoms with van der Waals surface area (Å²) in [4.78, 5) is 11.6. The van der Waals surface area contributed by atoms with Crippen molar-refractivity contribution in [3.05, 3.63) is 33.8 Å². The van der Waals surface area contributed by atoms with Gasteiger partial charge in [-0.3, -0.25) is 4.79 Å². The lowest BCUT2D eigenvalue weighted by atomic mass is 10.0. The zero-order valence-electron chi connectivity index (χ0n) is 7.47. The molecule has 1 nitrogen and oxygen atoms in total. The lowest BCUT2D eigenvalue weighted by molar-refractivity contribution is 0.0939. The highest BCUT2D eigenvalue weighted by molar-refractivity contribution is 6.43. The van der Waals surface area contributed by atoms with Gasteiger partial charge in [0.05, 0.1) is 10.0 Å². The summed E-state index contributed by atoms with van der Waals surface area (Å²) in [5.41, 5.74) is 0.504. The molecule has 0 bridgehead atoms. The molecule has 0 amide bonds. The van der Waals surface area contributed by atoms with Gasteiger partial charge in [0.2, 0.25) is 0 Å². The Kier molecular flexibility index (Phi) is 3.34. The summed E-state index contributed by atoms with van der Waals surface area (Å²) in [6.07, 6.45) is 0. The fourth-order valence-electron chi connectivity index (χ4n) is 1.01. The van der Waals surface area contributed by atoms with Gasteiger partial charge in [-0.2, -0.15) is 0 Å². The van der Waals surface area contributed by atoms with Crippen LogP contribution in [0.4, 0.5) is 0 Å². The van der Waals surface area contributed by atoms with Gasteiger partial charge in [-0.1, -0.05) is 43.1 Å². The average molecular weight is 217 g/mol. The summed E-state index contributed by atoms with van der Waals surface area (Å²) in [7, 11) is 0. The van der Waals surface area contributed by atoms with E-state index in [9.17, 15) is 4.79 Å². The second kappa shape index (κ2) is 4.12. The van der Waals surface area contributed by atoms with Crippen molar-refractivity contribution in [3.8, 4) is 0 Å². The van der Waals surface area contributed by atoms with Gasteiger partial charge in [-0.05, 0) is 12.1 Å². The van der Waals surface area contributed by atoms with Crippen LogP contribution >= 0.6 is 23.2 Å². The summed E-state index contributed by atoms with van der Waals surface area (Å²) < 4.78 is 0. The summed E-state index contributed by atoms with van der Waals surface area (Å²) in [6.45, 7) is 3.67. The average Bonchev–Trinajstić information content (AvgIpc) is 2.08. The van der Waals surface area contributed by atoms with Crippen molar-refractivity contribution < 1.29 is 4.79 Å². The molecule has 0 radical (unpaired) electrons. The largest absolute Gasteiger partial charge is 0.294 e. The number of hydrogen-bond acceptors (Lipinski definition) is 1. The number of hydrogen-bond donors (Lipinski definition) is 0. The summed E-state index contributed by atoms with van der Waals surface area (Å²) in [5, 5.41) is 0.774. The monoisotopic (exact) mass is 216 g/mol. The number of halogens is 2. The minimum absolute atomic E-state index is 0.0208. The Bertz CT molecular complexity index is 332. The predicted octanol–water partition coefficient (Wildman–Crippen LogP) is 3.83. The standard InChI is InChI=1S/C10H10Cl2O/c1-6(2)10(13)7-4-3-5-8(11)9(7)12/h3-6H,1-2H3. The maximum atomic E-state index is 11.6. The van der Waals surface area contributed by atoms with Crippen LogP contribution in [0, 0.1) is 5.92 Å². The molecule has 0 aliphatic carbocycles. The lowest BCUT2D eigenvalue weighted by Gasteiger charge is -2.06. The second-order valence-corrected chi connectivity index (χ2v) is 3.91. The quantitative estimate of drug-likeness (QED) is 0.688. The number of benzene rings is 1. The number of carbonyl (C=O) groups is 1. The van der Waals surface area contributed by atoms with E-state index in [0.717, 1.165) is 0 Å². The highest BCUT2D eigenvalue weighted by atomic mass is 35.5. The van der Waals surface area contributed by atoms with Gasteiger partial charge in [0.1, 0.15) is 0 Å². The zero-order chi connectivity index (χ0) is 10.0. The molecule has 0 unspecified atom stereocenters. The van der Waals surface area contributed by atoms with Gasteiger partial charge in [-0.25, -0.2) is 0 Å². The molecule has 0 spiro atoms. The smallest absolute Gasteiger partial charge is 0.166 e. The highest BCUT2D eigenvalue weighted by Crippen LogP contribution is 2.27. The van der Waals surface area contributed by atoms with E-state index in [1.807, 2.05) is 13.8 Å². The summed E-state index contributed by atoms with van der Waals surface area (Å²) in [6, 6.07) is 5.08. The van der Waals surface area contributed by atoms with E-state index in [4.69, 9.17) is 23.2 Å². The first-order valence-electron chi connectivity index (χ1n) is 4.02. The van der Waals surface area contributed by atoms with E-state index < -0.39 is 0 Å². The Hall–Kier alpha value is -0.530. The zero-order valence-corrected chi connectivity index (χ0v) is 8.99. The van der Waals surface area contributed by atoms with Gasteiger partial charge >= 0.3 is 0 Å². The van der Waals surface area contributed by atoms with Crippen molar-refractivity contribution in [3.63, 3.8) is 0 Å². The van der Waals surface area contributed by atoms with Crippen LogP contribution in [0.3, 0.4) is 0 Å². The minimum Gasteiger partial charge on any atom is -0.294 e. The number of Topliss-reactive ketones (excluding diaryl/α,β-unsaturated/α-hetero) is 1. The molecule has 0 heterocycles. The molecule has 13 heavy (non-hydrogen) atoms. The van der Waals surface area contributed by atoms with Crippen molar-refractivity contribution in [1.29, 1.82) is 0 Å². The lowest BCUT2D eigenvalue weighted by Crippen LogP contribution is -2.07. The van der Waals surface area contributed by atoms with Gasteiger partial charge in [0.15, 0.2) is 5.78 Å². The van der Waals surface area contributed by atoms with Crippen molar-refractivity contribution in [2.24, 2.45) is 5.92 Å². The normalized spacial score (nSPS) is 10.5. The van der Waals surface area contributed by atoms with E-state index in [0.29, 0.717) is 15.6 Å². The maximum absolute atomic E-state index is 11.6. The summed E-state index contributed by atoms with van der Waals surface area (Å²) in [5.74, 6) is -0.0385. The van der Waals surface area contributed by atoms with Crippen molar-refractivity contribution in [2.75, 3.05) is 0 Å². The molecule has 1 aromatic rings. The first kappa shape index (κ1) is 10.6. The van der Waals surface area contributed by atoms with Gasteiger partial charge in [0, 0.05) is 11.5 Å². The van der Waals surface area contributed by atoms with Crippen molar-refractivity contribution in [1.82, 2.24) is 0 Å². The number of carbonyl (C=O) groups excluding carboxylic acids is 1. The SMILES string of the molecule is CC(C)C(=O)c1cccc(Cl)c1Cl. The van der Waals surface area contributed by atoms with E-state index in [-0.39, 0.29) is 11.7 Å². The Morgan fingerprint density at radius 1 is 1.31 bits per heavy atom. The van der Waals surface area contributed by atoms with Crippen LogP contribution in [0.25, 0.3) is 0 Å². The molecule has 0 atom stereocenters. The van der Waals surface area contributed by atoms with Gasteiger partial charge in [0.25, 0.3) is 0 Å². The third-order valence-corrected chi connectivity index (χ3v) is 2.56. The molecule has 0 aromatic heterocycles. The van der Waals surface area contributed by atoms with E-state index >= 15 is 0 Å². The molecule has 1 rings (SSSR count). The molecule has 3 heteroatoms. The minimum atomic E-state index is -0.0593. The molecule has 0 saturated carbocycles. The van der Waals surface area contributed by atoms with Crippen LogP contribution in [0.1, 0.15) is 24.2 Å². The van der Waals surface area contributed by atoms with Crippen LogP contribution in [-0.4, -0.2) is 5.78 Å². The van der Waals surface area contributed by atoms with Gasteiger partial charge < -0.3 is 0 Å². The molecule has 0 fully saturated rings. The fourth-order valence-corrected chi connectivity index (χ4v) is 1.40. The Morgan fingerprint density at radius 2 is 1.92 bits per heavy atom. The Balaban J connectivity index is 3.15. The molecule has 1 aromatic carbocycles. The Morgan fingerprint density at radius 3 is 2.46 bits per heavy atom. The molecular formula is C10H10Cl2O. The first-order chi connectivity index (χ1) is 6.04. The molecule has 0 aliphatic rings. The predicted molar refractivity (Wildman–Crippen MR) is 55.6 cm³/mol. The second-order valence-electron chi connectivity index (χ2n) is 3.12. The third-order valence-electron chi connectivity index (χ3n) is 1.74. The van der Waals surface area contributed by atoms with Gasteiger partial charge in [-0.15, -0.1) is 0 Å². The van der Waals surface area contributed by atoms with Crippen molar-refractivity contribution >= 4 is 29.0 Å². The van der Waals surface area contributed by atoms with Crippen LogP contribution in [0.15, 0.2) is 18.2 Å². The van der Waals surface area contributed by atoms with E-state index in [1.54, 1.807) is 18.2 Å². The maximum Gasteiger partial charge on any atom is 0.166 e. The molecule has 70 valence electrons. The highest BCUT2D eigenvalue weighted by Gasteiger charge is 2.15. The molecule has 0 N–H and O–H groups in total. The summed E-state index contributed by atoms with van der Waals surface area (Å²) >= 11 is 11.7. The molecular weight excluding hydrogens is 207 g/mol. The van der Waals surface area contributed by atoms with Crippen LogP contribution in [-0.2, 0) is 0 Å². The molecule has 0 aliphatic heterocycles. The van der Waals surface area contributed by atoms with E-state index in [1.165, 1.54) is 0 Å². The van der Waals surface area contributed by atoms with Crippen LogP contribution < -0.4 is 0 Å². The topological polar surface area (TPSA) is 17.1 Å². The Labute approximate surface area is 87.7 Å². The fraction of sp³-hybridized carbons (Fsp3) is 0.300.